The van der Waals surface area contributed by atoms with Crippen LogP contribution in [0.15, 0.2) is 48.2 Å². The minimum atomic E-state index is -1.03. The summed E-state index contributed by atoms with van der Waals surface area (Å²) in [5.41, 5.74) is 6.29. The molecule has 1 atom stereocenters. The number of cyclic esters (lactones) is 1. The summed E-state index contributed by atoms with van der Waals surface area (Å²) in [6.45, 7) is 0. The summed E-state index contributed by atoms with van der Waals surface area (Å²) in [5, 5.41) is 13.4. The van der Waals surface area contributed by atoms with Crippen molar-refractivity contribution in [3.63, 3.8) is 0 Å². The summed E-state index contributed by atoms with van der Waals surface area (Å²) in [6.07, 6.45) is 0.479. The predicted molar refractivity (Wildman–Crippen MR) is 106 cm³/mol. The number of imide groups is 1. The molecule has 1 fully saturated rings. The van der Waals surface area contributed by atoms with E-state index in [0.29, 0.717) is 11.3 Å². The van der Waals surface area contributed by atoms with Crippen molar-refractivity contribution in [1.82, 2.24) is 5.32 Å². The number of rotatable bonds is 7. The molecule has 1 aliphatic heterocycles. The van der Waals surface area contributed by atoms with Gasteiger partial charge in [-0.2, -0.15) is 0 Å². The second-order valence-electron chi connectivity index (χ2n) is 6.40. The highest BCUT2D eigenvalue weighted by atomic mass is 16.6. The number of alkyl carbamates (subject to hydrolysis) is 1. The summed E-state index contributed by atoms with van der Waals surface area (Å²) in [6, 6.07) is 9.56. The zero-order valence-corrected chi connectivity index (χ0v) is 16.2. The van der Waals surface area contributed by atoms with E-state index >= 15 is 0 Å². The predicted octanol–water partition coefficient (Wildman–Crippen LogP) is 2.04. The average Bonchev–Trinajstić information content (AvgIpc) is 3.06. The van der Waals surface area contributed by atoms with E-state index in [-0.39, 0.29) is 29.2 Å². The Morgan fingerprint density at radius 1 is 1.23 bits per heavy atom. The van der Waals surface area contributed by atoms with E-state index in [4.69, 9.17) is 15.2 Å². The van der Waals surface area contributed by atoms with Crippen LogP contribution in [-0.2, 0) is 25.5 Å². The lowest BCUT2D eigenvalue weighted by Crippen LogP contribution is -2.33. The fourth-order valence-electron chi connectivity index (χ4n) is 2.76. The van der Waals surface area contributed by atoms with E-state index in [2.05, 4.69) is 4.74 Å². The van der Waals surface area contributed by atoms with Crippen LogP contribution in [0, 0.1) is 10.1 Å². The molecule has 31 heavy (non-hydrogen) atoms. The van der Waals surface area contributed by atoms with Crippen LogP contribution in [0.25, 0.3) is 6.08 Å². The second-order valence-corrected chi connectivity index (χ2v) is 6.40. The normalized spacial score (nSPS) is 15.2. The van der Waals surface area contributed by atoms with Crippen LogP contribution in [0.4, 0.5) is 10.5 Å². The van der Waals surface area contributed by atoms with E-state index in [0.717, 1.165) is 0 Å². The lowest BCUT2D eigenvalue weighted by atomic mass is 10.0. The van der Waals surface area contributed by atoms with Gasteiger partial charge in [-0.1, -0.05) is 12.1 Å². The van der Waals surface area contributed by atoms with Gasteiger partial charge in [-0.15, -0.1) is 0 Å². The molecule has 0 bridgehead atoms. The third kappa shape index (κ3) is 5.22. The van der Waals surface area contributed by atoms with E-state index in [9.17, 15) is 24.5 Å². The van der Waals surface area contributed by atoms with Gasteiger partial charge < -0.3 is 19.9 Å². The molecule has 1 aliphatic rings. The standard InChI is InChI=1S/C20H17N3O8/c1-29-19(25)15(21)9-12-4-7-14(10-16(12)23(27)28)30-13-5-2-11(3-6-13)8-17-18(24)22-20(26)31-17/h2-8,10,15H,9,21H2,1H3,(H,22,24,26). The number of esters is 1. The molecule has 3 rings (SSSR count). The maximum Gasteiger partial charge on any atom is 0.419 e. The Balaban J connectivity index is 1.75. The fourth-order valence-corrected chi connectivity index (χ4v) is 2.76. The SMILES string of the molecule is COC(=O)C(N)Cc1ccc(Oc2ccc(C=C3OC(=O)NC3=O)cc2)cc1[N+](=O)[O-]. The van der Waals surface area contributed by atoms with Gasteiger partial charge in [0.25, 0.3) is 11.6 Å². The van der Waals surface area contributed by atoms with Crippen LogP contribution in [-0.4, -0.2) is 36.0 Å². The zero-order chi connectivity index (χ0) is 22.5. The van der Waals surface area contributed by atoms with E-state index in [1.165, 1.54) is 31.4 Å². The number of amides is 2. The molecular weight excluding hydrogens is 410 g/mol. The molecule has 0 spiro atoms. The van der Waals surface area contributed by atoms with Crippen molar-refractivity contribution in [2.45, 2.75) is 12.5 Å². The Hall–Kier alpha value is -4.25. The van der Waals surface area contributed by atoms with Gasteiger partial charge in [0.05, 0.1) is 18.1 Å². The topological polar surface area (TPSA) is 160 Å². The first kappa shape index (κ1) is 21.5. The molecule has 2 amide bonds. The molecule has 3 N–H and O–H groups in total. The molecule has 1 unspecified atom stereocenters. The molecule has 0 aliphatic carbocycles. The van der Waals surface area contributed by atoms with Crippen molar-refractivity contribution < 1.29 is 33.5 Å². The Labute approximate surface area is 175 Å². The van der Waals surface area contributed by atoms with E-state index < -0.39 is 28.9 Å². The molecule has 11 nitrogen and oxygen atoms in total. The number of hydrogen-bond donors (Lipinski definition) is 2. The number of nitrogens with zero attached hydrogens (tertiary/aromatic N) is 1. The van der Waals surface area contributed by atoms with E-state index in [1.807, 2.05) is 5.32 Å². The van der Waals surface area contributed by atoms with Crippen molar-refractivity contribution in [1.29, 1.82) is 0 Å². The summed E-state index contributed by atoms with van der Waals surface area (Å²) in [5.74, 6) is -0.852. The Morgan fingerprint density at radius 3 is 2.48 bits per heavy atom. The molecule has 11 heteroatoms. The molecular formula is C20H17N3O8. The number of ether oxygens (including phenoxy) is 3. The van der Waals surface area contributed by atoms with Gasteiger partial charge in [-0.3, -0.25) is 25.0 Å². The van der Waals surface area contributed by atoms with Gasteiger partial charge >= 0.3 is 12.1 Å². The minimum Gasteiger partial charge on any atom is -0.468 e. The number of nitrogens with two attached hydrogens (primary N) is 1. The van der Waals surface area contributed by atoms with Crippen LogP contribution < -0.4 is 15.8 Å². The maximum atomic E-state index is 11.5. The number of carbonyl (C=O) groups is 3. The first-order chi connectivity index (χ1) is 14.8. The lowest BCUT2D eigenvalue weighted by Gasteiger charge is -2.11. The highest BCUT2D eigenvalue weighted by Gasteiger charge is 2.26. The van der Waals surface area contributed by atoms with Crippen molar-refractivity contribution in [3.8, 4) is 11.5 Å². The van der Waals surface area contributed by atoms with Crippen molar-refractivity contribution >= 4 is 29.7 Å². The smallest absolute Gasteiger partial charge is 0.419 e. The minimum absolute atomic E-state index is 0.0647. The summed E-state index contributed by atoms with van der Waals surface area (Å²) in [7, 11) is 1.18. The molecule has 2 aromatic carbocycles. The molecule has 2 aromatic rings. The van der Waals surface area contributed by atoms with Crippen LogP contribution in [0.1, 0.15) is 11.1 Å². The highest BCUT2D eigenvalue weighted by molar-refractivity contribution is 6.09. The van der Waals surface area contributed by atoms with Gasteiger partial charge in [0.1, 0.15) is 17.5 Å². The number of benzene rings is 2. The largest absolute Gasteiger partial charge is 0.468 e. The van der Waals surface area contributed by atoms with Crippen LogP contribution in [0.2, 0.25) is 0 Å². The zero-order valence-electron chi connectivity index (χ0n) is 16.2. The molecule has 160 valence electrons. The third-order valence-electron chi connectivity index (χ3n) is 4.25. The summed E-state index contributed by atoms with van der Waals surface area (Å²) < 4.78 is 14.9. The molecule has 0 aromatic heterocycles. The van der Waals surface area contributed by atoms with Gasteiger partial charge in [-0.25, -0.2) is 4.79 Å². The number of nitro benzene ring substituents is 1. The fraction of sp³-hybridized carbons (Fsp3) is 0.150. The van der Waals surface area contributed by atoms with Crippen molar-refractivity contribution in [2.24, 2.45) is 5.73 Å². The summed E-state index contributed by atoms with van der Waals surface area (Å²) >= 11 is 0. The quantitative estimate of drug-likeness (QED) is 0.291. The second kappa shape index (κ2) is 9.05. The summed E-state index contributed by atoms with van der Waals surface area (Å²) in [4.78, 5) is 44.8. The maximum absolute atomic E-state index is 11.5. The number of hydrogen-bond acceptors (Lipinski definition) is 9. The lowest BCUT2D eigenvalue weighted by molar-refractivity contribution is -0.385. The molecule has 1 heterocycles. The Bertz CT molecular complexity index is 1080. The first-order valence-electron chi connectivity index (χ1n) is 8.90. The van der Waals surface area contributed by atoms with E-state index in [1.54, 1.807) is 24.3 Å². The molecule has 0 saturated carbocycles. The third-order valence-corrected chi connectivity index (χ3v) is 4.25. The van der Waals surface area contributed by atoms with Gasteiger partial charge in [0.2, 0.25) is 0 Å². The Kier molecular flexibility index (Phi) is 6.26. The number of carbonyl (C=O) groups excluding carboxylic acids is 3. The monoisotopic (exact) mass is 427 g/mol. The first-order valence-corrected chi connectivity index (χ1v) is 8.90. The highest BCUT2D eigenvalue weighted by Crippen LogP contribution is 2.29. The van der Waals surface area contributed by atoms with Gasteiger partial charge in [-0.05, 0) is 35.9 Å². The van der Waals surface area contributed by atoms with Crippen molar-refractivity contribution in [3.05, 3.63) is 69.5 Å². The molecule has 1 saturated heterocycles. The van der Waals surface area contributed by atoms with Gasteiger partial charge in [0.15, 0.2) is 5.76 Å². The van der Waals surface area contributed by atoms with Crippen LogP contribution >= 0.6 is 0 Å². The molecule has 0 radical (unpaired) electrons. The number of methoxy groups -OCH3 is 1. The van der Waals surface area contributed by atoms with Crippen molar-refractivity contribution in [2.75, 3.05) is 7.11 Å². The van der Waals surface area contributed by atoms with Gasteiger partial charge in [0, 0.05) is 12.0 Å². The van der Waals surface area contributed by atoms with Crippen LogP contribution in [0.3, 0.4) is 0 Å². The number of nitro groups is 1. The number of nitrogens with one attached hydrogen (secondary N) is 1. The average molecular weight is 427 g/mol. The Morgan fingerprint density at radius 2 is 1.90 bits per heavy atom. The van der Waals surface area contributed by atoms with Crippen LogP contribution in [0.5, 0.6) is 11.5 Å².